The van der Waals surface area contributed by atoms with Crippen LogP contribution < -0.4 is 15.5 Å². The Bertz CT molecular complexity index is 1200. The zero-order valence-electron chi connectivity index (χ0n) is 17.1. The number of nitrogens with zero attached hydrogens (tertiary/aromatic N) is 1. The van der Waals surface area contributed by atoms with Gasteiger partial charge in [-0.1, -0.05) is 29.8 Å². The van der Waals surface area contributed by atoms with Crippen LogP contribution in [0.5, 0.6) is 5.75 Å². The Morgan fingerprint density at radius 2 is 1.70 bits per heavy atom. The van der Waals surface area contributed by atoms with Crippen molar-refractivity contribution in [2.45, 2.75) is 6.18 Å². The third-order valence-corrected chi connectivity index (χ3v) is 4.78. The summed E-state index contributed by atoms with van der Waals surface area (Å²) < 4.78 is 44.0. The van der Waals surface area contributed by atoms with E-state index in [1.807, 2.05) is 0 Å². The average molecular weight is 476 g/mol. The summed E-state index contributed by atoms with van der Waals surface area (Å²) in [7, 11) is 1.51. The molecule has 0 spiro atoms. The summed E-state index contributed by atoms with van der Waals surface area (Å²) in [6.07, 6.45) is -3.56. The van der Waals surface area contributed by atoms with E-state index in [0.29, 0.717) is 11.3 Å². The lowest BCUT2D eigenvalue weighted by molar-refractivity contribution is -0.137. The third-order valence-electron chi connectivity index (χ3n) is 4.45. The van der Waals surface area contributed by atoms with Crippen LogP contribution in [0.25, 0.3) is 0 Å². The van der Waals surface area contributed by atoms with Crippen molar-refractivity contribution < 1.29 is 27.5 Å². The monoisotopic (exact) mass is 475 g/mol. The minimum absolute atomic E-state index is 0.0909. The fourth-order valence-corrected chi connectivity index (χ4v) is 3.02. The molecule has 0 unspecified atom stereocenters. The average Bonchev–Trinajstić information content (AvgIpc) is 2.79. The maximum absolute atomic E-state index is 13.0. The van der Waals surface area contributed by atoms with Gasteiger partial charge in [0.25, 0.3) is 11.8 Å². The van der Waals surface area contributed by atoms with Gasteiger partial charge in [0.05, 0.1) is 35.2 Å². The first-order valence-corrected chi connectivity index (χ1v) is 9.81. The highest BCUT2D eigenvalue weighted by atomic mass is 35.5. The Morgan fingerprint density at radius 3 is 2.36 bits per heavy atom. The van der Waals surface area contributed by atoms with E-state index in [1.54, 1.807) is 36.4 Å². The molecule has 0 aliphatic carbocycles. The standard InChI is InChI=1S/C23H17ClF3N3O3/c1-33-16-9-7-15(8-10-16)21(31)29-20-5-3-2-4-17(20)22(32)30-28-13-14-6-11-19(24)18(12-14)23(25,26)27/h2-13H,1H3,(H,29,31)(H,30,32). The molecule has 0 aromatic heterocycles. The smallest absolute Gasteiger partial charge is 0.417 e. The first-order chi connectivity index (χ1) is 15.7. The Morgan fingerprint density at radius 1 is 1.00 bits per heavy atom. The fourth-order valence-electron chi connectivity index (χ4n) is 2.79. The molecule has 3 rings (SSSR count). The van der Waals surface area contributed by atoms with Gasteiger partial charge in [0.2, 0.25) is 0 Å². The number of para-hydroxylation sites is 1. The molecule has 0 fully saturated rings. The highest BCUT2D eigenvalue weighted by Crippen LogP contribution is 2.34. The van der Waals surface area contributed by atoms with Crippen LogP contribution >= 0.6 is 11.6 Å². The van der Waals surface area contributed by atoms with Gasteiger partial charge in [-0.25, -0.2) is 5.43 Å². The number of anilines is 1. The number of rotatable bonds is 6. The summed E-state index contributed by atoms with van der Waals surface area (Å²) in [4.78, 5) is 25.1. The van der Waals surface area contributed by atoms with E-state index < -0.39 is 28.6 Å². The van der Waals surface area contributed by atoms with Crippen molar-refractivity contribution in [3.8, 4) is 5.75 Å². The first kappa shape index (κ1) is 23.8. The number of alkyl halides is 3. The van der Waals surface area contributed by atoms with Crippen LogP contribution in [-0.4, -0.2) is 25.1 Å². The molecule has 0 aliphatic rings. The molecule has 6 nitrogen and oxygen atoms in total. The topological polar surface area (TPSA) is 79.8 Å². The number of halogens is 4. The van der Waals surface area contributed by atoms with Crippen molar-refractivity contribution in [2.75, 3.05) is 12.4 Å². The number of benzene rings is 3. The highest BCUT2D eigenvalue weighted by molar-refractivity contribution is 6.31. The molecule has 0 atom stereocenters. The summed E-state index contributed by atoms with van der Waals surface area (Å²) in [6, 6.07) is 15.9. The van der Waals surface area contributed by atoms with Gasteiger partial charge < -0.3 is 10.1 Å². The molecule has 0 saturated heterocycles. The lowest BCUT2D eigenvalue weighted by atomic mass is 10.1. The summed E-state index contributed by atoms with van der Waals surface area (Å²) in [6.45, 7) is 0. The van der Waals surface area contributed by atoms with Crippen LogP contribution in [0.15, 0.2) is 71.8 Å². The van der Waals surface area contributed by atoms with Gasteiger partial charge in [-0.05, 0) is 54.1 Å². The highest BCUT2D eigenvalue weighted by Gasteiger charge is 2.33. The van der Waals surface area contributed by atoms with E-state index in [1.165, 1.54) is 25.3 Å². The molecule has 0 heterocycles. The van der Waals surface area contributed by atoms with E-state index in [9.17, 15) is 22.8 Å². The minimum atomic E-state index is -4.62. The summed E-state index contributed by atoms with van der Waals surface area (Å²) >= 11 is 5.59. The van der Waals surface area contributed by atoms with Gasteiger partial charge in [-0.15, -0.1) is 0 Å². The van der Waals surface area contributed by atoms with E-state index in [-0.39, 0.29) is 16.8 Å². The number of amides is 2. The Balaban J connectivity index is 1.72. The number of carbonyl (C=O) groups is 2. The van der Waals surface area contributed by atoms with Crippen LogP contribution in [0, 0.1) is 0 Å². The van der Waals surface area contributed by atoms with E-state index in [0.717, 1.165) is 18.3 Å². The van der Waals surface area contributed by atoms with Crippen molar-refractivity contribution in [3.63, 3.8) is 0 Å². The van der Waals surface area contributed by atoms with Gasteiger partial charge in [0.15, 0.2) is 0 Å². The zero-order valence-corrected chi connectivity index (χ0v) is 17.9. The molecule has 10 heteroatoms. The van der Waals surface area contributed by atoms with Crippen LogP contribution in [0.1, 0.15) is 31.8 Å². The Labute approximate surface area is 192 Å². The molecular weight excluding hydrogens is 459 g/mol. The molecule has 33 heavy (non-hydrogen) atoms. The number of hydrogen-bond acceptors (Lipinski definition) is 4. The largest absolute Gasteiger partial charge is 0.497 e. The van der Waals surface area contributed by atoms with Gasteiger partial charge >= 0.3 is 6.18 Å². The van der Waals surface area contributed by atoms with Gasteiger partial charge in [0, 0.05) is 5.56 Å². The van der Waals surface area contributed by atoms with Gasteiger partial charge in [-0.2, -0.15) is 18.3 Å². The molecule has 0 saturated carbocycles. The van der Waals surface area contributed by atoms with Crippen molar-refractivity contribution in [3.05, 3.63) is 94.0 Å². The molecule has 2 N–H and O–H groups in total. The normalized spacial score (nSPS) is 11.3. The van der Waals surface area contributed by atoms with Crippen LogP contribution in [-0.2, 0) is 6.18 Å². The maximum Gasteiger partial charge on any atom is 0.417 e. The summed E-state index contributed by atoms with van der Waals surface area (Å²) in [5.41, 5.74) is 2.02. The SMILES string of the molecule is COc1ccc(C(=O)Nc2ccccc2C(=O)NN=Cc2ccc(Cl)c(C(F)(F)F)c2)cc1. The van der Waals surface area contributed by atoms with Gasteiger partial charge in [0.1, 0.15) is 5.75 Å². The molecule has 0 aliphatic heterocycles. The lowest BCUT2D eigenvalue weighted by Gasteiger charge is -2.10. The molecule has 3 aromatic rings. The molecule has 3 aromatic carbocycles. The van der Waals surface area contributed by atoms with Crippen molar-refractivity contribution in [1.82, 2.24) is 5.43 Å². The summed E-state index contributed by atoms with van der Waals surface area (Å²) in [5.74, 6) is -0.517. The van der Waals surface area contributed by atoms with E-state index >= 15 is 0 Å². The van der Waals surface area contributed by atoms with Crippen molar-refractivity contribution in [1.29, 1.82) is 0 Å². The predicted octanol–water partition coefficient (Wildman–Crippen LogP) is 5.38. The molecule has 0 bridgehead atoms. The lowest BCUT2D eigenvalue weighted by Crippen LogP contribution is -2.21. The van der Waals surface area contributed by atoms with Crippen LogP contribution in [0.2, 0.25) is 5.02 Å². The van der Waals surface area contributed by atoms with Gasteiger partial charge in [-0.3, -0.25) is 9.59 Å². The zero-order chi connectivity index (χ0) is 24.0. The first-order valence-electron chi connectivity index (χ1n) is 9.43. The second-order valence-electron chi connectivity index (χ2n) is 6.66. The molecule has 170 valence electrons. The second kappa shape index (κ2) is 10.2. The third kappa shape index (κ3) is 6.11. The Hall–Kier alpha value is -3.85. The predicted molar refractivity (Wildman–Crippen MR) is 119 cm³/mol. The number of carbonyl (C=O) groups excluding carboxylic acids is 2. The minimum Gasteiger partial charge on any atom is -0.497 e. The number of nitrogens with one attached hydrogen (secondary N) is 2. The number of hydrogen-bond donors (Lipinski definition) is 2. The molecule has 0 radical (unpaired) electrons. The van der Waals surface area contributed by atoms with Crippen molar-refractivity contribution >= 4 is 35.3 Å². The second-order valence-corrected chi connectivity index (χ2v) is 7.07. The number of hydrazone groups is 1. The quantitative estimate of drug-likeness (QED) is 0.371. The van der Waals surface area contributed by atoms with Crippen LogP contribution in [0.4, 0.5) is 18.9 Å². The Kier molecular flexibility index (Phi) is 7.34. The number of methoxy groups -OCH3 is 1. The van der Waals surface area contributed by atoms with Crippen molar-refractivity contribution in [2.24, 2.45) is 5.10 Å². The molecular formula is C23H17ClF3N3O3. The summed E-state index contributed by atoms with van der Waals surface area (Å²) in [5, 5.41) is 5.92. The maximum atomic E-state index is 13.0. The van der Waals surface area contributed by atoms with E-state index in [4.69, 9.17) is 16.3 Å². The number of ether oxygens (including phenoxy) is 1. The van der Waals surface area contributed by atoms with Crippen LogP contribution in [0.3, 0.4) is 0 Å². The van der Waals surface area contributed by atoms with E-state index in [2.05, 4.69) is 15.8 Å². The molecule has 2 amide bonds. The fraction of sp³-hybridized carbons (Fsp3) is 0.0870.